The highest BCUT2D eigenvalue weighted by molar-refractivity contribution is 7.54. The summed E-state index contributed by atoms with van der Waals surface area (Å²) in [6, 6.07) is 15.1. The lowest BCUT2D eigenvalue weighted by molar-refractivity contribution is -0.384. The minimum Gasteiger partial charge on any atom is -0.307 e. The molecule has 0 amide bonds. The lowest BCUT2D eigenvalue weighted by atomic mass is 10.2. The Bertz CT molecular complexity index is 783. The molecule has 138 valence electrons. The van der Waals surface area contributed by atoms with Crippen molar-refractivity contribution < 1.29 is 18.5 Å². The molecule has 0 saturated heterocycles. The Morgan fingerprint density at radius 2 is 1.65 bits per heavy atom. The molecule has 0 bridgehead atoms. The summed E-state index contributed by atoms with van der Waals surface area (Å²) in [6.45, 7) is 3.95. The van der Waals surface area contributed by atoms with Gasteiger partial charge in [-0.1, -0.05) is 30.3 Å². The molecule has 0 aliphatic rings. The predicted molar refractivity (Wildman–Crippen MR) is 101 cm³/mol. The molecule has 2 aromatic carbocycles. The number of nitro groups is 1. The van der Waals surface area contributed by atoms with Crippen molar-refractivity contribution in [2.45, 2.75) is 19.6 Å². The van der Waals surface area contributed by atoms with Crippen LogP contribution in [0, 0.1) is 10.1 Å². The van der Waals surface area contributed by atoms with Crippen LogP contribution in [0.4, 0.5) is 5.69 Å². The molecule has 0 spiro atoms. The van der Waals surface area contributed by atoms with Gasteiger partial charge < -0.3 is 9.05 Å². The van der Waals surface area contributed by atoms with Crippen molar-refractivity contribution in [1.29, 1.82) is 0 Å². The highest BCUT2D eigenvalue weighted by atomic mass is 31.2. The molecule has 0 N–H and O–H groups in total. The molecule has 0 unspecified atom stereocenters. The summed E-state index contributed by atoms with van der Waals surface area (Å²) in [5, 5.41) is 10.7. The van der Waals surface area contributed by atoms with Crippen molar-refractivity contribution in [3.63, 3.8) is 0 Å². The Kier molecular flexibility index (Phi) is 7.21. The Labute approximate surface area is 152 Å². The van der Waals surface area contributed by atoms with Gasteiger partial charge in [0, 0.05) is 18.3 Å². The van der Waals surface area contributed by atoms with E-state index in [2.05, 4.69) is 4.99 Å². The molecule has 0 aliphatic heterocycles. The monoisotopic (exact) mass is 376 g/mol. The zero-order chi connectivity index (χ0) is 19.0. The highest BCUT2D eigenvalue weighted by Gasteiger charge is 2.36. The first kappa shape index (κ1) is 20.0. The zero-order valence-electron chi connectivity index (χ0n) is 14.6. The van der Waals surface area contributed by atoms with Gasteiger partial charge in [-0.2, -0.15) is 0 Å². The van der Waals surface area contributed by atoms with E-state index in [1.165, 1.54) is 18.3 Å². The van der Waals surface area contributed by atoms with Gasteiger partial charge in [-0.3, -0.25) is 19.7 Å². The van der Waals surface area contributed by atoms with E-state index in [0.717, 1.165) is 0 Å². The minimum absolute atomic E-state index is 0.00364. The van der Waals surface area contributed by atoms with E-state index in [4.69, 9.17) is 9.05 Å². The quantitative estimate of drug-likeness (QED) is 0.266. The minimum atomic E-state index is -3.52. The molecule has 0 aliphatic carbocycles. The largest absolute Gasteiger partial charge is 0.359 e. The molecule has 7 nitrogen and oxygen atoms in total. The second-order valence-electron chi connectivity index (χ2n) is 5.29. The van der Waals surface area contributed by atoms with E-state index in [1.807, 2.05) is 30.3 Å². The molecule has 2 rings (SSSR count). The van der Waals surface area contributed by atoms with Crippen LogP contribution in [0.2, 0.25) is 0 Å². The van der Waals surface area contributed by atoms with E-state index in [0.29, 0.717) is 11.1 Å². The summed E-state index contributed by atoms with van der Waals surface area (Å²) in [5.41, 5.74) is 1.35. The van der Waals surface area contributed by atoms with Crippen LogP contribution < -0.4 is 0 Å². The summed E-state index contributed by atoms with van der Waals surface area (Å²) in [5.74, 6) is -0.821. The van der Waals surface area contributed by atoms with Crippen LogP contribution in [0.15, 0.2) is 59.6 Å². The maximum atomic E-state index is 13.2. The molecule has 0 aromatic heterocycles. The van der Waals surface area contributed by atoms with Gasteiger partial charge in [0.15, 0.2) is 5.78 Å². The van der Waals surface area contributed by atoms with Gasteiger partial charge in [0.2, 0.25) is 0 Å². The summed E-state index contributed by atoms with van der Waals surface area (Å²) in [7, 11) is -3.52. The molecule has 26 heavy (non-hydrogen) atoms. The van der Waals surface area contributed by atoms with Crippen LogP contribution in [0.25, 0.3) is 0 Å². The Morgan fingerprint density at radius 3 is 2.15 bits per heavy atom. The van der Waals surface area contributed by atoms with Crippen molar-refractivity contribution in [2.24, 2.45) is 4.99 Å². The van der Waals surface area contributed by atoms with Crippen molar-refractivity contribution in [3.8, 4) is 0 Å². The van der Waals surface area contributed by atoms with Crippen molar-refractivity contribution in [3.05, 3.63) is 75.8 Å². The molecule has 0 saturated carbocycles. The SMILES string of the molecule is CCOP(=O)(OCC)[C@H](N=Cc1ccc([N+](=O)[O-])cc1)c1ccccc1. The number of rotatable bonds is 9. The van der Waals surface area contributed by atoms with E-state index in [1.54, 1.807) is 26.0 Å². The first-order valence-electron chi connectivity index (χ1n) is 8.21. The highest BCUT2D eigenvalue weighted by Crippen LogP contribution is 2.61. The molecule has 0 fully saturated rings. The summed E-state index contributed by atoms with van der Waals surface area (Å²) in [4.78, 5) is 14.7. The van der Waals surface area contributed by atoms with Crippen LogP contribution in [-0.4, -0.2) is 24.4 Å². The summed E-state index contributed by atoms with van der Waals surface area (Å²) >= 11 is 0. The van der Waals surface area contributed by atoms with Crippen molar-refractivity contribution >= 4 is 19.5 Å². The molecule has 0 radical (unpaired) electrons. The number of nitro benzene ring substituents is 1. The molecular weight excluding hydrogens is 355 g/mol. The van der Waals surface area contributed by atoms with Crippen molar-refractivity contribution in [2.75, 3.05) is 13.2 Å². The second kappa shape index (κ2) is 9.38. The summed E-state index contributed by atoms with van der Waals surface area (Å²) in [6.07, 6.45) is 1.52. The van der Waals surface area contributed by atoms with E-state index in [-0.39, 0.29) is 18.9 Å². The average molecular weight is 376 g/mol. The van der Waals surface area contributed by atoms with E-state index < -0.39 is 18.3 Å². The maximum Gasteiger partial charge on any atom is 0.359 e. The number of nitrogens with zero attached hydrogens (tertiary/aromatic N) is 2. The topological polar surface area (TPSA) is 91.0 Å². The van der Waals surface area contributed by atoms with Gasteiger partial charge >= 0.3 is 7.60 Å². The van der Waals surface area contributed by atoms with Crippen LogP contribution in [-0.2, 0) is 13.6 Å². The van der Waals surface area contributed by atoms with Gasteiger partial charge in [0.25, 0.3) is 5.69 Å². The van der Waals surface area contributed by atoms with Crippen LogP contribution in [0.1, 0.15) is 30.8 Å². The smallest absolute Gasteiger partial charge is 0.307 e. The molecule has 1 atom stereocenters. The van der Waals surface area contributed by atoms with Crippen LogP contribution >= 0.6 is 7.60 Å². The standard InChI is InChI=1S/C18H21N2O5P/c1-3-24-26(23,25-4-2)18(16-8-6-5-7-9-16)19-14-15-10-12-17(13-11-15)20(21)22/h5-14,18H,3-4H2,1-2H3/t18-/m0/s1. The van der Waals surface area contributed by atoms with Crippen molar-refractivity contribution in [1.82, 2.24) is 0 Å². The Balaban J connectivity index is 2.37. The van der Waals surface area contributed by atoms with E-state index >= 15 is 0 Å². The van der Waals surface area contributed by atoms with Crippen LogP contribution in [0.3, 0.4) is 0 Å². The molecule has 2 aromatic rings. The lowest BCUT2D eigenvalue weighted by Gasteiger charge is -2.23. The van der Waals surface area contributed by atoms with Crippen LogP contribution in [0.5, 0.6) is 0 Å². The number of aliphatic imine (C=N–C) groups is 1. The normalized spacial score (nSPS) is 13.0. The Hall–Kier alpha value is -2.34. The first-order chi connectivity index (χ1) is 12.5. The predicted octanol–water partition coefficient (Wildman–Crippen LogP) is 4.98. The fourth-order valence-corrected chi connectivity index (χ4v) is 4.20. The van der Waals surface area contributed by atoms with Gasteiger partial charge in [0.1, 0.15) is 0 Å². The fourth-order valence-electron chi connectivity index (χ4n) is 2.35. The third-order valence-corrected chi connectivity index (χ3v) is 5.75. The molecule has 8 heteroatoms. The number of benzene rings is 2. The Morgan fingerprint density at radius 1 is 1.08 bits per heavy atom. The van der Waals surface area contributed by atoms with Gasteiger partial charge in [-0.05, 0) is 37.1 Å². The van der Waals surface area contributed by atoms with Gasteiger partial charge in [0.05, 0.1) is 18.1 Å². The van der Waals surface area contributed by atoms with Gasteiger partial charge in [-0.25, -0.2) is 0 Å². The fraction of sp³-hybridized carbons (Fsp3) is 0.278. The number of hydrogen-bond acceptors (Lipinski definition) is 6. The maximum absolute atomic E-state index is 13.2. The molecule has 0 heterocycles. The summed E-state index contributed by atoms with van der Waals surface area (Å²) < 4.78 is 24.1. The number of hydrogen-bond donors (Lipinski definition) is 0. The molecular formula is C18H21N2O5P. The third-order valence-electron chi connectivity index (χ3n) is 3.48. The van der Waals surface area contributed by atoms with Gasteiger partial charge in [-0.15, -0.1) is 0 Å². The zero-order valence-corrected chi connectivity index (χ0v) is 15.5. The number of non-ortho nitro benzene ring substituents is 1. The van der Waals surface area contributed by atoms with E-state index in [9.17, 15) is 14.7 Å². The third kappa shape index (κ3) is 5.08. The average Bonchev–Trinajstić information content (AvgIpc) is 2.63. The second-order valence-corrected chi connectivity index (χ2v) is 7.37. The first-order valence-corrected chi connectivity index (χ1v) is 9.82. The lowest BCUT2D eigenvalue weighted by Crippen LogP contribution is -2.05.